The third kappa shape index (κ3) is 1.23. The van der Waals surface area contributed by atoms with Gasteiger partial charge in [0.05, 0.1) is 5.56 Å². The summed E-state index contributed by atoms with van der Waals surface area (Å²) in [5, 5.41) is 0.932. The van der Waals surface area contributed by atoms with Crippen molar-refractivity contribution in [3.05, 3.63) is 34.5 Å². The number of aryl methyl sites for hydroxylation is 1. The van der Waals surface area contributed by atoms with Gasteiger partial charge in [0, 0.05) is 5.39 Å². The number of halogens is 1. The Morgan fingerprint density at radius 1 is 1.46 bits per heavy atom. The van der Waals surface area contributed by atoms with Gasteiger partial charge in [-0.05, 0) is 30.2 Å². The van der Waals surface area contributed by atoms with Crippen LogP contribution in [0.5, 0.6) is 0 Å². The summed E-state index contributed by atoms with van der Waals surface area (Å²) in [6, 6.07) is 5.61. The monoisotopic (exact) mass is 194 g/mol. The van der Waals surface area contributed by atoms with E-state index >= 15 is 0 Å². The van der Waals surface area contributed by atoms with Gasteiger partial charge in [0.2, 0.25) is 5.22 Å². The minimum absolute atomic E-state index is 0.163. The van der Waals surface area contributed by atoms with E-state index in [0.717, 1.165) is 10.9 Å². The quantitative estimate of drug-likeness (QED) is 0.653. The van der Waals surface area contributed by atoms with Gasteiger partial charge in [-0.15, -0.1) is 0 Å². The van der Waals surface area contributed by atoms with Crippen LogP contribution in [0.15, 0.2) is 22.6 Å². The summed E-state index contributed by atoms with van der Waals surface area (Å²) in [7, 11) is 0. The fourth-order valence-electron chi connectivity index (χ4n) is 1.30. The van der Waals surface area contributed by atoms with E-state index in [4.69, 9.17) is 16.0 Å². The second-order valence-electron chi connectivity index (χ2n) is 2.91. The third-order valence-electron chi connectivity index (χ3n) is 1.96. The van der Waals surface area contributed by atoms with Crippen molar-refractivity contribution in [3.63, 3.8) is 0 Å². The second-order valence-corrected chi connectivity index (χ2v) is 3.25. The van der Waals surface area contributed by atoms with Crippen molar-refractivity contribution in [2.75, 3.05) is 0 Å². The van der Waals surface area contributed by atoms with Crippen molar-refractivity contribution in [1.82, 2.24) is 0 Å². The number of carbonyl (C=O) groups is 1. The summed E-state index contributed by atoms with van der Waals surface area (Å²) in [6.45, 7) is 1.95. The highest BCUT2D eigenvalue weighted by atomic mass is 35.5. The van der Waals surface area contributed by atoms with Crippen molar-refractivity contribution in [2.24, 2.45) is 0 Å². The minimum Gasteiger partial charge on any atom is -0.444 e. The normalized spacial score (nSPS) is 10.6. The number of benzene rings is 1. The first-order chi connectivity index (χ1) is 6.22. The number of fused-ring (bicyclic) bond motifs is 1. The molecule has 0 aliphatic carbocycles. The van der Waals surface area contributed by atoms with Crippen LogP contribution in [-0.2, 0) is 0 Å². The van der Waals surface area contributed by atoms with Crippen LogP contribution in [0.1, 0.15) is 15.9 Å². The summed E-state index contributed by atoms with van der Waals surface area (Å²) >= 11 is 5.72. The van der Waals surface area contributed by atoms with E-state index in [1.54, 1.807) is 0 Å². The highest BCUT2D eigenvalue weighted by Gasteiger charge is 2.10. The molecule has 66 valence electrons. The van der Waals surface area contributed by atoms with E-state index < -0.39 is 0 Å². The molecule has 0 aliphatic rings. The predicted octanol–water partition coefficient (Wildman–Crippen LogP) is 3.21. The zero-order valence-electron chi connectivity index (χ0n) is 7.00. The summed E-state index contributed by atoms with van der Waals surface area (Å²) in [5.74, 6) is 0. The molecule has 1 heterocycles. The van der Waals surface area contributed by atoms with Gasteiger partial charge in [0.1, 0.15) is 5.58 Å². The first-order valence-corrected chi connectivity index (χ1v) is 4.24. The molecule has 0 N–H and O–H groups in total. The summed E-state index contributed by atoms with van der Waals surface area (Å²) in [5.41, 5.74) is 2.17. The number of hydrogen-bond donors (Lipinski definition) is 0. The molecule has 3 heteroatoms. The van der Waals surface area contributed by atoms with E-state index in [2.05, 4.69) is 0 Å². The van der Waals surface area contributed by atoms with Crippen LogP contribution in [0.2, 0.25) is 5.22 Å². The van der Waals surface area contributed by atoms with E-state index in [1.807, 2.05) is 25.1 Å². The molecule has 0 unspecified atom stereocenters. The second kappa shape index (κ2) is 2.89. The third-order valence-corrected chi connectivity index (χ3v) is 2.24. The molecule has 2 rings (SSSR count). The Morgan fingerprint density at radius 3 is 2.92 bits per heavy atom. The average Bonchev–Trinajstić information content (AvgIpc) is 2.39. The molecule has 0 atom stereocenters. The molecule has 0 fully saturated rings. The first-order valence-electron chi connectivity index (χ1n) is 3.86. The highest BCUT2D eigenvalue weighted by Crippen LogP contribution is 2.28. The number of furan rings is 1. The van der Waals surface area contributed by atoms with E-state index in [0.29, 0.717) is 17.4 Å². The lowest BCUT2D eigenvalue weighted by molar-refractivity contribution is 0.112. The van der Waals surface area contributed by atoms with Gasteiger partial charge in [-0.25, -0.2) is 0 Å². The van der Waals surface area contributed by atoms with Crippen molar-refractivity contribution >= 4 is 28.9 Å². The van der Waals surface area contributed by atoms with E-state index in [9.17, 15) is 4.79 Å². The molecule has 0 spiro atoms. The molecule has 0 saturated carbocycles. The van der Waals surface area contributed by atoms with Crippen molar-refractivity contribution in [1.29, 1.82) is 0 Å². The van der Waals surface area contributed by atoms with Crippen LogP contribution in [0.4, 0.5) is 0 Å². The first kappa shape index (κ1) is 8.32. The SMILES string of the molecule is Cc1ccc2c(C=O)c(Cl)oc2c1. The zero-order valence-corrected chi connectivity index (χ0v) is 7.76. The van der Waals surface area contributed by atoms with Crippen molar-refractivity contribution in [2.45, 2.75) is 6.92 Å². The standard InChI is InChI=1S/C10H7ClO2/c1-6-2-3-7-8(5-12)10(11)13-9(7)4-6/h2-5H,1H3. The van der Waals surface area contributed by atoms with Gasteiger partial charge < -0.3 is 4.42 Å². The van der Waals surface area contributed by atoms with Gasteiger partial charge in [-0.2, -0.15) is 0 Å². The van der Waals surface area contributed by atoms with Crippen LogP contribution in [0, 0.1) is 6.92 Å². The maximum Gasteiger partial charge on any atom is 0.205 e. The van der Waals surface area contributed by atoms with Gasteiger partial charge >= 0.3 is 0 Å². The van der Waals surface area contributed by atoms with Gasteiger partial charge in [-0.3, -0.25) is 4.79 Å². The number of rotatable bonds is 1. The van der Waals surface area contributed by atoms with Gasteiger partial charge in [0.15, 0.2) is 6.29 Å². The Labute approximate surface area is 80.1 Å². The molecule has 1 aromatic carbocycles. The molecule has 0 bridgehead atoms. The van der Waals surface area contributed by atoms with E-state index in [-0.39, 0.29) is 5.22 Å². The molecule has 1 aromatic heterocycles. The molecular formula is C10H7ClO2. The molecule has 2 aromatic rings. The van der Waals surface area contributed by atoms with Gasteiger partial charge in [0.25, 0.3) is 0 Å². The highest BCUT2D eigenvalue weighted by molar-refractivity contribution is 6.33. The molecule has 0 aliphatic heterocycles. The molecule has 0 saturated heterocycles. The lowest BCUT2D eigenvalue weighted by Gasteiger charge is -1.90. The average molecular weight is 195 g/mol. The van der Waals surface area contributed by atoms with Crippen LogP contribution in [0.3, 0.4) is 0 Å². The summed E-state index contributed by atoms with van der Waals surface area (Å²) in [4.78, 5) is 10.6. The summed E-state index contributed by atoms with van der Waals surface area (Å²) < 4.78 is 5.20. The van der Waals surface area contributed by atoms with Crippen LogP contribution >= 0.6 is 11.6 Å². The fraction of sp³-hybridized carbons (Fsp3) is 0.100. The largest absolute Gasteiger partial charge is 0.444 e. The van der Waals surface area contributed by atoms with Crippen LogP contribution < -0.4 is 0 Å². The predicted molar refractivity (Wildman–Crippen MR) is 51.3 cm³/mol. The smallest absolute Gasteiger partial charge is 0.205 e. The van der Waals surface area contributed by atoms with Crippen LogP contribution in [0.25, 0.3) is 11.0 Å². The summed E-state index contributed by atoms with van der Waals surface area (Å²) in [6.07, 6.45) is 0.712. The number of hydrogen-bond acceptors (Lipinski definition) is 2. The Morgan fingerprint density at radius 2 is 2.23 bits per heavy atom. The van der Waals surface area contributed by atoms with Gasteiger partial charge in [-0.1, -0.05) is 12.1 Å². The Bertz CT molecular complexity index is 471. The maximum absolute atomic E-state index is 10.6. The molecule has 2 nitrogen and oxygen atoms in total. The van der Waals surface area contributed by atoms with Crippen molar-refractivity contribution in [3.8, 4) is 0 Å². The topological polar surface area (TPSA) is 30.2 Å². The molecule has 0 radical (unpaired) electrons. The Balaban J connectivity index is 2.86. The van der Waals surface area contributed by atoms with E-state index in [1.165, 1.54) is 0 Å². The number of carbonyl (C=O) groups excluding carboxylic acids is 1. The molecular weight excluding hydrogens is 188 g/mol. The lowest BCUT2D eigenvalue weighted by atomic mass is 10.1. The fourth-order valence-corrected chi connectivity index (χ4v) is 1.53. The Kier molecular flexibility index (Phi) is 1.85. The maximum atomic E-state index is 10.6. The molecule has 0 amide bonds. The Hall–Kier alpha value is -1.28. The lowest BCUT2D eigenvalue weighted by Crippen LogP contribution is -1.76. The molecule has 13 heavy (non-hydrogen) atoms. The zero-order chi connectivity index (χ0) is 9.42. The number of aldehydes is 1. The van der Waals surface area contributed by atoms with Crippen molar-refractivity contribution < 1.29 is 9.21 Å². The minimum atomic E-state index is 0.163. The van der Waals surface area contributed by atoms with Crippen LogP contribution in [-0.4, -0.2) is 6.29 Å².